The topological polar surface area (TPSA) is 86.2 Å². The van der Waals surface area contributed by atoms with Crippen molar-refractivity contribution in [1.29, 1.82) is 0 Å². The first-order valence-electron chi connectivity index (χ1n) is 9.56. The zero-order chi connectivity index (χ0) is 20.5. The second-order valence-corrected chi connectivity index (χ2v) is 6.66. The highest BCUT2D eigenvalue weighted by atomic mass is 19.1. The molecule has 0 bridgehead atoms. The van der Waals surface area contributed by atoms with E-state index < -0.39 is 5.97 Å². The molecule has 0 atom stereocenters. The standard InChI is InChI=1S/C21H25FN4O3/c22-17-4-6-18(7-5-17)26(15-20(27)28)14-16-2-8-19(9-3-16)29-13-1-10-23-21-24-11-12-25-21/h2-9H,1,10-15H2,(H,27,28)(H2,23,24,25). The summed E-state index contributed by atoms with van der Waals surface area (Å²) in [7, 11) is 0. The summed E-state index contributed by atoms with van der Waals surface area (Å²) in [5.74, 6) is 0.313. The molecule has 7 nitrogen and oxygen atoms in total. The molecule has 0 fully saturated rings. The average Bonchev–Trinajstić information content (AvgIpc) is 3.22. The molecule has 0 radical (unpaired) electrons. The molecule has 1 aliphatic rings. The highest BCUT2D eigenvalue weighted by molar-refractivity contribution is 5.81. The molecule has 3 N–H and O–H groups in total. The Morgan fingerprint density at radius 1 is 1.21 bits per heavy atom. The molecule has 0 unspecified atom stereocenters. The summed E-state index contributed by atoms with van der Waals surface area (Å²) in [6, 6.07) is 13.4. The smallest absolute Gasteiger partial charge is 0.323 e. The zero-order valence-electron chi connectivity index (χ0n) is 16.1. The molecule has 2 aromatic rings. The summed E-state index contributed by atoms with van der Waals surface area (Å²) in [4.78, 5) is 17.1. The van der Waals surface area contributed by atoms with Crippen LogP contribution in [0.5, 0.6) is 5.75 Å². The number of guanidine groups is 1. The number of aliphatic carboxylic acids is 1. The van der Waals surface area contributed by atoms with Crippen molar-refractivity contribution in [3.8, 4) is 5.75 Å². The Morgan fingerprint density at radius 2 is 1.97 bits per heavy atom. The van der Waals surface area contributed by atoms with Gasteiger partial charge in [-0.15, -0.1) is 0 Å². The highest BCUT2D eigenvalue weighted by Gasteiger charge is 2.12. The Balaban J connectivity index is 1.48. The number of carboxylic acid groups (broad SMARTS) is 1. The van der Waals surface area contributed by atoms with Crippen LogP contribution in [0.4, 0.5) is 10.1 Å². The van der Waals surface area contributed by atoms with E-state index in [2.05, 4.69) is 15.6 Å². The van der Waals surface area contributed by atoms with Gasteiger partial charge in [-0.25, -0.2) is 4.39 Å². The third-order valence-electron chi connectivity index (χ3n) is 4.37. The van der Waals surface area contributed by atoms with Gasteiger partial charge in [0.05, 0.1) is 13.2 Å². The van der Waals surface area contributed by atoms with Gasteiger partial charge in [-0.1, -0.05) is 12.1 Å². The molecule has 1 heterocycles. The molecule has 0 aliphatic carbocycles. The summed E-state index contributed by atoms with van der Waals surface area (Å²) < 4.78 is 18.9. The third-order valence-corrected chi connectivity index (χ3v) is 4.37. The van der Waals surface area contributed by atoms with Crippen LogP contribution in [0.2, 0.25) is 0 Å². The van der Waals surface area contributed by atoms with Crippen LogP contribution in [-0.2, 0) is 11.3 Å². The van der Waals surface area contributed by atoms with Crippen molar-refractivity contribution in [2.24, 2.45) is 4.99 Å². The molecule has 29 heavy (non-hydrogen) atoms. The number of benzene rings is 2. The van der Waals surface area contributed by atoms with Crippen LogP contribution < -0.4 is 20.3 Å². The van der Waals surface area contributed by atoms with E-state index >= 15 is 0 Å². The Hall–Kier alpha value is -3.29. The number of rotatable bonds is 10. The van der Waals surface area contributed by atoms with Crippen LogP contribution >= 0.6 is 0 Å². The number of anilines is 1. The van der Waals surface area contributed by atoms with Gasteiger partial charge in [0.15, 0.2) is 5.96 Å². The predicted octanol–water partition coefficient (Wildman–Crippen LogP) is 2.23. The second-order valence-electron chi connectivity index (χ2n) is 6.66. The van der Waals surface area contributed by atoms with E-state index in [1.54, 1.807) is 17.0 Å². The van der Waals surface area contributed by atoms with Crippen molar-refractivity contribution >= 4 is 17.6 Å². The van der Waals surface area contributed by atoms with Gasteiger partial charge in [0.25, 0.3) is 0 Å². The molecule has 154 valence electrons. The van der Waals surface area contributed by atoms with Crippen LogP contribution in [0.3, 0.4) is 0 Å². The molecule has 1 aliphatic heterocycles. The lowest BCUT2D eigenvalue weighted by Gasteiger charge is -2.23. The van der Waals surface area contributed by atoms with E-state index in [0.717, 1.165) is 43.3 Å². The molecule has 0 amide bonds. The number of hydrogen-bond acceptors (Lipinski definition) is 6. The molecule has 0 aromatic heterocycles. The molecule has 8 heteroatoms. The highest BCUT2D eigenvalue weighted by Crippen LogP contribution is 2.19. The van der Waals surface area contributed by atoms with Gasteiger partial charge in [0.2, 0.25) is 0 Å². The van der Waals surface area contributed by atoms with Crippen molar-refractivity contribution in [3.63, 3.8) is 0 Å². The minimum Gasteiger partial charge on any atom is -0.494 e. The van der Waals surface area contributed by atoms with Crippen LogP contribution in [0.25, 0.3) is 0 Å². The third kappa shape index (κ3) is 6.67. The fraction of sp³-hybridized carbons (Fsp3) is 0.333. The first-order chi connectivity index (χ1) is 14.1. The fourth-order valence-corrected chi connectivity index (χ4v) is 2.95. The molecule has 3 rings (SSSR count). The van der Waals surface area contributed by atoms with Crippen molar-refractivity contribution in [2.75, 3.05) is 37.7 Å². The van der Waals surface area contributed by atoms with Gasteiger partial charge < -0.3 is 25.4 Å². The number of hydrogen-bond donors (Lipinski definition) is 3. The summed E-state index contributed by atoms with van der Waals surface area (Å²) in [5, 5.41) is 15.5. The minimum absolute atomic E-state index is 0.170. The Labute approximate surface area is 169 Å². The van der Waals surface area contributed by atoms with Gasteiger partial charge in [-0.3, -0.25) is 9.79 Å². The summed E-state index contributed by atoms with van der Waals surface area (Å²) >= 11 is 0. The maximum absolute atomic E-state index is 13.2. The molecule has 0 saturated heterocycles. The molecular formula is C21H25FN4O3. The fourth-order valence-electron chi connectivity index (χ4n) is 2.95. The SMILES string of the molecule is O=C(O)CN(Cc1ccc(OCCCNC2=NCCN2)cc1)c1ccc(F)cc1. The Kier molecular flexibility index (Phi) is 7.27. The molecule has 2 aromatic carbocycles. The minimum atomic E-state index is -0.943. The van der Waals surface area contributed by atoms with Gasteiger partial charge in [-0.2, -0.15) is 0 Å². The normalized spacial score (nSPS) is 12.8. The first kappa shape index (κ1) is 20.4. The van der Waals surface area contributed by atoms with Gasteiger partial charge in [0.1, 0.15) is 18.1 Å². The number of carbonyl (C=O) groups is 1. The van der Waals surface area contributed by atoms with E-state index in [-0.39, 0.29) is 12.4 Å². The number of ether oxygens (including phenoxy) is 1. The van der Waals surface area contributed by atoms with E-state index in [1.165, 1.54) is 12.1 Å². The maximum Gasteiger partial charge on any atom is 0.323 e. The predicted molar refractivity (Wildman–Crippen MR) is 110 cm³/mol. The van der Waals surface area contributed by atoms with E-state index in [4.69, 9.17) is 4.74 Å². The second kappa shape index (κ2) is 10.3. The Bertz CT molecular complexity index is 825. The van der Waals surface area contributed by atoms with Crippen LogP contribution in [0.1, 0.15) is 12.0 Å². The van der Waals surface area contributed by atoms with Crippen molar-refractivity contribution < 1.29 is 19.0 Å². The lowest BCUT2D eigenvalue weighted by atomic mass is 10.2. The largest absolute Gasteiger partial charge is 0.494 e. The van der Waals surface area contributed by atoms with Crippen molar-refractivity contribution in [1.82, 2.24) is 10.6 Å². The summed E-state index contributed by atoms with van der Waals surface area (Å²) in [6.07, 6.45) is 0.847. The summed E-state index contributed by atoms with van der Waals surface area (Å²) in [5.41, 5.74) is 1.60. The van der Waals surface area contributed by atoms with E-state index in [9.17, 15) is 14.3 Å². The van der Waals surface area contributed by atoms with E-state index in [1.807, 2.05) is 24.3 Å². The summed E-state index contributed by atoms with van der Waals surface area (Å²) in [6.45, 7) is 3.30. The lowest BCUT2D eigenvalue weighted by molar-refractivity contribution is -0.135. The average molecular weight is 400 g/mol. The molecular weight excluding hydrogens is 375 g/mol. The number of aliphatic imine (C=N–C) groups is 1. The number of nitrogens with zero attached hydrogens (tertiary/aromatic N) is 2. The number of halogens is 1. The van der Waals surface area contributed by atoms with Crippen LogP contribution in [0.15, 0.2) is 53.5 Å². The van der Waals surface area contributed by atoms with Gasteiger partial charge in [-0.05, 0) is 48.4 Å². The quantitative estimate of drug-likeness (QED) is 0.531. The first-order valence-corrected chi connectivity index (χ1v) is 9.56. The number of nitrogens with one attached hydrogen (secondary N) is 2. The Morgan fingerprint density at radius 3 is 2.62 bits per heavy atom. The molecule has 0 spiro atoms. The van der Waals surface area contributed by atoms with Gasteiger partial charge >= 0.3 is 5.97 Å². The van der Waals surface area contributed by atoms with Crippen molar-refractivity contribution in [2.45, 2.75) is 13.0 Å². The monoisotopic (exact) mass is 400 g/mol. The maximum atomic E-state index is 13.2. The van der Waals surface area contributed by atoms with Crippen LogP contribution in [0, 0.1) is 5.82 Å². The zero-order valence-corrected chi connectivity index (χ0v) is 16.1. The van der Waals surface area contributed by atoms with Crippen LogP contribution in [-0.4, -0.2) is 49.8 Å². The molecule has 0 saturated carbocycles. The van der Waals surface area contributed by atoms with Gasteiger partial charge in [0, 0.05) is 25.3 Å². The lowest BCUT2D eigenvalue weighted by Crippen LogP contribution is -2.34. The van der Waals surface area contributed by atoms with E-state index in [0.29, 0.717) is 18.8 Å². The van der Waals surface area contributed by atoms with Crippen molar-refractivity contribution in [3.05, 3.63) is 59.9 Å². The number of carboxylic acids is 1.